The highest BCUT2D eigenvalue weighted by atomic mass is 17.2. The quantitative estimate of drug-likeness (QED) is 0.569. The van der Waals surface area contributed by atoms with E-state index < -0.39 is 0 Å². The fourth-order valence-electron chi connectivity index (χ4n) is 2.45. The summed E-state index contributed by atoms with van der Waals surface area (Å²) in [7, 11) is 0. The van der Waals surface area contributed by atoms with Crippen LogP contribution >= 0.6 is 0 Å². The number of hydrogen-bond donors (Lipinski definition) is 0. The summed E-state index contributed by atoms with van der Waals surface area (Å²) in [6.07, 6.45) is 8.27. The molecular weight excluding hydrogens is 228 g/mol. The van der Waals surface area contributed by atoms with E-state index in [4.69, 9.17) is 14.5 Å². The SMILES string of the molecule is C=CC1(C)CCC(C(C)C2C=CC(C)(C)OO2)O1. The van der Waals surface area contributed by atoms with Crippen molar-refractivity contribution in [2.45, 2.75) is 63.9 Å². The van der Waals surface area contributed by atoms with Crippen molar-refractivity contribution in [3.63, 3.8) is 0 Å². The molecule has 0 spiro atoms. The molecule has 18 heavy (non-hydrogen) atoms. The third-order valence-corrected chi connectivity index (χ3v) is 3.94. The van der Waals surface area contributed by atoms with E-state index in [1.54, 1.807) is 0 Å². The van der Waals surface area contributed by atoms with Crippen molar-refractivity contribution in [2.75, 3.05) is 0 Å². The average molecular weight is 252 g/mol. The number of ether oxygens (including phenoxy) is 1. The highest BCUT2D eigenvalue weighted by Crippen LogP contribution is 2.37. The minimum atomic E-state index is -0.331. The van der Waals surface area contributed by atoms with Gasteiger partial charge >= 0.3 is 0 Å². The minimum Gasteiger partial charge on any atom is -0.368 e. The van der Waals surface area contributed by atoms with E-state index in [0.29, 0.717) is 0 Å². The third-order valence-electron chi connectivity index (χ3n) is 3.94. The molecule has 0 aromatic heterocycles. The highest BCUT2D eigenvalue weighted by molar-refractivity contribution is 5.06. The molecule has 2 aliphatic rings. The van der Waals surface area contributed by atoms with E-state index in [-0.39, 0.29) is 29.3 Å². The third kappa shape index (κ3) is 2.85. The predicted molar refractivity (Wildman–Crippen MR) is 71.1 cm³/mol. The smallest absolute Gasteiger partial charge is 0.116 e. The number of hydrogen-bond acceptors (Lipinski definition) is 3. The van der Waals surface area contributed by atoms with Crippen molar-refractivity contribution in [1.82, 2.24) is 0 Å². The molecule has 0 aromatic carbocycles. The van der Waals surface area contributed by atoms with Gasteiger partial charge in [-0.15, -0.1) is 6.58 Å². The minimum absolute atomic E-state index is 0.0322. The Labute approximate surface area is 110 Å². The molecule has 0 aromatic rings. The summed E-state index contributed by atoms with van der Waals surface area (Å²) in [4.78, 5) is 10.9. The van der Waals surface area contributed by atoms with Crippen LogP contribution in [0, 0.1) is 5.92 Å². The van der Waals surface area contributed by atoms with Crippen LogP contribution < -0.4 is 0 Å². The summed E-state index contributed by atoms with van der Waals surface area (Å²) in [5.41, 5.74) is -0.514. The van der Waals surface area contributed by atoms with Gasteiger partial charge in [0.2, 0.25) is 0 Å². The molecule has 2 aliphatic heterocycles. The van der Waals surface area contributed by atoms with Crippen LogP contribution in [-0.2, 0) is 14.5 Å². The van der Waals surface area contributed by atoms with Gasteiger partial charge in [0.15, 0.2) is 0 Å². The van der Waals surface area contributed by atoms with Gasteiger partial charge in [0.25, 0.3) is 0 Å². The van der Waals surface area contributed by atoms with E-state index >= 15 is 0 Å². The Morgan fingerprint density at radius 1 is 1.39 bits per heavy atom. The molecule has 4 unspecified atom stereocenters. The standard InChI is InChI=1S/C15H24O3/c1-6-15(5)10-8-12(16-15)11(2)13-7-9-14(3,4)18-17-13/h6-7,9,11-13H,1,8,10H2,2-5H3. The van der Waals surface area contributed by atoms with E-state index in [1.165, 1.54) is 0 Å². The van der Waals surface area contributed by atoms with Gasteiger partial charge in [-0.05, 0) is 33.6 Å². The van der Waals surface area contributed by atoms with Crippen LogP contribution in [0.1, 0.15) is 40.5 Å². The average Bonchev–Trinajstić information content (AvgIpc) is 2.72. The molecule has 3 nitrogen and oxygen atoms in total. The van der Waals surface area contributed by atoms with Gasteiger partial charge in [-0.3, -0.25) is 0 Å². The van der Waals surface area contributed by atoms with Gasteiger partial charge in [-0.1, -0.05) is 25.2 Å². The van der Waals surface area contributed by atoms with Gasteiger partial charge in [-0.2, -0.15) is 0 Å². The lowest BCUT2D eigenvalue weighted by Crippen LogP contribution is -2.38. The summed E-state index contributed by atoms with van der Waals surface area (Å²) in [6.45, 7) is 12.0. The van der Waals surface area contributed by atoms with E-state index in [9.17, 15) is 0 Å². The van der Waals surface area contributed by atoms with Crippen molar-refractivity contribution in [2.24, 2.45) is 5.92 Å². The van der Waals surface area contributed by atoms with Crippen molar-refractivity contribution < 1.29 is 14.5 Å². The molecule has 0 bridgehead atoms. The maximum absolute atomic E-state index is 6.08. The monoisotopic (exact) mass is 252 g/mol. The molecular formula is C15H24O3. The van der Waals surface area contributed by atoms with Gasteiger partial charge < -0.3 is 4.74 Å². The van der Waals surface area contributed by atoms with Gasteiger partial charge in [0.1, 0.15) is 11.7 Å². The fourth-order valence-corrected chi connectivity index (χ4v) is 2.45. The van der Waals surface area contributed by atoms with Crippen molar-refractivity contribution >= 4 is 0 Å². The van der Waals surface area contributed by atoms with E-state index in [2.05, 4.69) is 32.6 Å². The van der Waals surface area contributed by atoms with Crippen LogP contribution in [0.4, 0.5) is 0 Å². The van der Waals surface area contributed by atoms with Crippen molar-refractivity contribution in [3.05, 3.63) is 24.8 Å². The van der Waals surface area contributed by atoms with Crippen LogP contribution in [0.25, 0.3) is 0 Å². The Bertz CT molecular complexity index is 348. The summed E-state index contributed by atoms with van der Waals surface area (Å²) >= 11 is 0. The topological polar surface area (TPSA) is 27.7 Å². The summed E-state index contributed by atoms with van der Waals surface area (Å²) in [5.74, 6) is 0.277. The summed E-state index contributed by atoms with van der Waals surface area (Å²) < 4.78 is 6.08. The summed E-state index contributed by atoms with van der Waals surface area (Å²) in [6, 6.07) is 0. The van der Waals surface area contributed by atoms with E-state index in [1.807, 2.05) is 19.9 Å². The van der Waals surface area contributed by atoms with E-state index in [0.717, 1.165) is 12.8 Å². The second-order valence-corrected chi connectivity index (χ2v) is 6.18. The van der Waals surface area contributed by atoms with Gasteiger partial charge in [0.05, 0.1) is 11.7 Å². The molecule has 0 aliphatic carbocycles. The molecule has 0 radical (unpaired) electrons. The highest BCUT2D eigenvalue weighted by Gasteiger charge is 2.40. The molecule has 0 amide bonds. The Hall–Kier alpha value is -0.640. The molecule has 0 N–H and O–H groups in total. The molecule has 2 rings (SSSR count). The lowest BCUT2D eigenvalue weighted by atomic mass is 9.93. The molecule has 4 atom stereocenters. The first-order valence-corrected chi connectivity index (χ1v) is 6.70. The summed E-state index contributed by atoms with van der Waals surface area (Å²) in [5, 5.41) is 0. The van der Waals surface area contributed by atoms with Crippen LogP contribution in [0.2, 0.25) is 0 Å². The fraction of sp³-hybridized carbons (Fsp3) is 0.733. The largest absolute Gasteiger partial charge is 0.368 e. The van der Waals surface area contributed by atoms with Crippen LogP contribution in [0.15, 0.2) is 24.8 Å². The second kappa shape index (κ2) is 4.80. The zero-order valence-electron chi connectivity index (χ0n) is 11.8. The van der Waals surface area contributed by atoms with Crippen molar-refractivity contribution in [3.8, 4) is 0 Å². The first-order valence-electron chi connectivity index (χ1n) is 6.70. The molecule has 2 heterocycles. The molecule has 3 heteroatoms. The maximum Gasteiger partial charge on any atom is 0.116 e. The molecule has 1 fully saturated rings. The maximum atomic E-state index is 6.08. The molecule has 1 saturated heterocycles. The lowest BCUT2D eigenvalue weighted by molar-refractivity contribution is -0.373. The van der Waals surface area contributed by atoms with Gasteiger partial charge in [0, 0.05) is 5.92 Å². The first kappa shape index (κ1) is 13.8. The lowest BCUT2D eigenvalue weighted by Gasteiger charge is -2.33. The van der Waals surface area contributed by atoms with Crippen LogP contribution in [0.3, 0.4) is 0 Å². The Morgan fingerprint density at radius 2 is 2.11 bits per heavy atom. The zero-order valence-corrected chi connectivity index (χ0v) is 11.8. The zero-order chi connectivity index (χ0) is 13.4. The van der Waals surface area contributed by atoms with Crippen LogP contribution in [-0.4, -0.2) is 23.4 Å². The Kier molecular flexibility index (Phi) is 3.67. The predicted octanol–water partition coefficient (Wildman–Crippen LogP) is 3.41. The Balaban J connectivity index is 1.97. The van der Waals surface area contributed by atoms with Gasteiger partial charge in [-0.25, -0.2) is 9.78 Å². The molecule has 0 saturated carbocycles. The van der Waals surface area contributed by atoms with Crippen molar-refractivity contribution in [1.29, 1.82) is 0 Å². The molecule has 102 valence electrons. The Morgan fingerprint density at radius 3 is 2.61 bits per heavy atom. The first-order chi connectivity index (χ1) is 8.35. The second-order valence-electron chi connectivity index (χ2n) is 6.18. The normalized spacial score (nSPS) is 40.7. The van der Waals surface area contributed by atoms with Crippen LogP contribution in [0.5, 0.6) is 0 Å². The number of rotatable bonds is 3.